The zero-order chi connectivity index (χ0) is 24.0. The molecule has 0 saturated carbocycles. The van der Waals surface area contributed by atoms with Crippen LogP contribution in [0.15, 0.2) is 48.5 Å². The second-order valence-electron chi connectivity index (χ2n) is 8.42. The number of likely N-dealkylation sites (tertiary alicyclic amines) is 1. The molecule has 1 aliphatic rings. The maximum Gasteiger partial charge on any atom is 0.253 e. The van der Waals surface area contributed by atoms with Gasteiger partial charge >= 0.3 is 0 Å². The predicted molar refractivity (Wildman–Crippen MR) is 121 cm³/mol. The van der Waals surface area contributed by atoms with Crippen LogP contribution in [-0.2, 0) is 4.79 Å². The molecule has 6 nitrogen and oxygen atoms in total. The van der Waals surface area contributed by atoms with E-state index >= 15 is 0 Å². The number of hydrogen-bond acceptors (Lipinski definition) is 3. The van der Waals surface area contributed by atoms with Gasteiger partial charge in [0.05, 0.1) is 0 Å². The number of nitrogens with one attached hydrogen (secondary N) is 2. The van der Waals surface area contributed by atoms with Crippen LogP contribution in [0.3, 0.4) is 0 Å². The highest BCUT2D eigenvalue weighted by Crippen LogP contribution is 2.23. The maximum atomic E-state index is 13.5. The van der Waals surface area contributed by atoms with Gasteiger partial charge in [0.2, 0.25) is 5.91 Å². The molecule has 0 spiro atoms. The van der Waals surface area contributed by atoms with Gasteiger partial charge in [-0.05, 0) is 74.6 Å². The summed E-state index contributed by atoms with van der Waals surface area (Å²) in [6, 6.07) is 9.84. The van der Waals surface area contributed by atoms with Crippen molar-refractivity contribution in [2.24, 2.45) is 5.92 Å². The van der Waals surface area contributed by atoms with Gasteiger partial charge in [-0.2, -0.15) is 0 Å². The molecule has 2 aromatic rings. The van der Waals surface area contributed by atoms with Crippen LogP contribution in [0.2, 0.25) is 0 Å². The molecule has 33 heavy (non-hydrogen) atoms. The minimum Gasteiger partial charge on any atom is -0.352 e. The third-order valence-electron chi connectivity index (χ3n) is 6.05. The van der Waals surface area contributed by atoms with Gasteiger partial charge in [0.25, 0.3) is 11.8 Å². The Kier molecular flexibility index (Phi) is 8.14. The lowest BCUT2D eigenvalue weighted by Crippen LogP contribution is -2.55. The van der Waals surface area contributed by atoms with Gasteiger partial charge in [0.1, 0.15) is 17.7 Å². The smallest absolute Gasteiger partial charge is 0.253 e. The van der Waals surface area contributed by atoms with Crippen LogP contribution < -0.4 is 10.6 Å². The fourth-order valence-corrected chi connectivity index (χ4v) is 3.90. The summed E-state index contributed by atoms with van der Waals surface area (Å²) in [7, 11) is 0. The summed E-state index contributed by atoms with van der Waals surface area (Å²) in [5.74, 6) is -2.11. The summed E-state index contributed by atoms with van der Waals surface area (Å²) in [4.78, 5) is 40.1. The van der Waals surface area contributed by atoms with Crippen LogP contribution in [0.4, 0.5) is 8.78 Å². The Morgan fingerprint density at radius 3 is 2.24 bits per heavy atom. The molecule has 1 heterocycles. The lowest BCUT2D eigenvalue weighted by atomic mass is 9.88. The number of carbonyl (C=O) groups is 3. The Balaban J connectivity index is 1.70. The van der Waals surface area contributed by atoms with Crippen LogP contribution in [0.1, 0.15) is 53.8 Å². The largest absolute Gasteiger partial charge is 0.352 e. The lowest BCUT2D eigenvalue weighted by Gasteiger charge is -2.36. The van der Waals surface area contributed by atoms with Crippen molar-refractivity contribution in [3.8, 4) is 0 Å². The van der Waals surface area contributed by atoms with Crippen LogP contribution in [0, 0.1) is 17.6 Å². The first-order chi connectivity index (χ1) is 15.8. The van der Waals surface area contributed by atoms with Crippen molar-refractivity contribution in [1.82, 2.24) is 15.5 Å². The second kappa shape index (κ2) is 11.0. The SMILES string of the molecule is CC[C@@H](C)NC(=O)[C@H](NC(=O)c1ccc(F)cc1)C1CCN(C(=O)c2cccc(F)c2)CC1. The summed E-state index contributed by atoms with van der Waals surface area (Å²) in [5, 5.41) is 5.73. The molecule has 0 bridgehead atoms. The van der Waals surface area contributed by atoms with E-state index in [-0.39, 0.29) is 34.9 Å². The molecule has 8 heteroatoms. The standard InChI is InChI=1S/C25H29F2N3O3/c1-3-16(2)28-24(32)22(29-23(31)18-7-9-20(26)10-8-18)17-11-13-30(14-12-17)25(33)19-5-4-6-21(27)15-19/h4-10,15-17,22H,3,11-14H2,1-2H3,(H,28,32)(H,29,31)/t16-,22-/m1/s1. The van der Waals surface area contributed by atoms with Gasteiger partial charge in [0.15, 0.2) is 0 Å². The number of piperidine rings is 1. The molecule has 2 atom stereocenters. The monoisotopic (exact) mass is 457 g/mol. The van der Waals surface area contributed by atoms with E-state index in [1.165, 1.54) is 42.5 Å². The highest BCUT2D eigenvalue weighted by molar-refractivity contribution is 5.97. The number of halogens is 2. The van der Waals surface area contributed by atoms with E-state index in [9.17, 15) is 23.2 Å². The third kappa shape index (κ3) is 6.37. The van der Waals surface area contributed by atoms with Crippen molar-refractivity contribution in [2.45, 2.75) is 45.2 Å². The summed E-state index contributed by atoms with van der Waals surface area (Å²) in [6.07, 6.45) is 1.75. The topological polar surface area (TPSA) is 78.5 Å². The van der Waals surface area contributed by atoms with Crippen molar-refractivity contribution in [2.75, 3.05) is 13.1 Å². The van der Waals surface area contributed by atoms with Gasteiger partial charge in [-0.15, -0.1) is 0 Å². The van der Waals surface area contributed by atoms with Gasteiger partial charge in [-0.25, -0.2) is 8.78 Å². The maximum absolute atomic E-state index is 13.5. The predicted octanol–water partition coefficient (Wildman–Crippen LogP) is 3.53. The van der Waals surface area contributed by atoms with E-state index in [1.54, 1.807) is 11.0 Å². The van der Waals surface area contributed by atoms with E-state index in [4.69, 9.17) is 0 Å². The van der Waals surface area contributed by atoms with Crippen LogP contribution >= 0.6 is 0 Å². The molecule has 1 saturated heterocycles. The first-order valence-electron chi connectivity index (χ1n) is 11.2. The Bertz CT molecular complexity index is 989. The molecule has 2 N–H and O–H groups in total. The molecule has 1 fully saturated rings. The zero-order valence-corrected chi connectivity index (χ0v) is 18.8. The zero-order valence-electron chi connectivity index (χ0n) is 18.8. The van der Waals surface area contributed by atoms with E-state index in [0.717, 1.165) is 6.42 Å². The van der Waals surface area contributed by atoms with Crippen molar-refractivity contribution in [3.05, 3.63) is 71.3 Å². The molecule has 3 rings (SSSR count). The molecule has 3 amide bonds. The number of carbonyl (C=O) groups excluding carboxylic acids is 3. The van der Waals surface area contributed by atoms with Crippen molar-refractivity contribution in [3.63, 3.8) is 0 Å². The first kappa shape index (κ1) is 24.4. The van der Waals surface area contributed by atoms with Gasteiger partial charge in [0, 0.05) is 30.3 Å². The van der Waals surface area contributed by atoms with Crippen molar-refractivity contribution >= 4 is 17.7 Å². The fourth-order valence-electron chi connectivity index (χ4n) is 3.90. The molecule has 0 aliphatic carbocycles. The molecular weight excluding hydrogens is 428 g/mol. The second-order valence-corrected chi connectivity index (χ2v) is 8.42. The van der Waals surface area contributed by atoms with Crippen LogP contribution in [0.5, 0.6) is 0 Å². The summed E-state index contributed by atoms with van der Waals surface area (Å²) in [5.41, 5.74) is 0.542. The summed E-state index contributed by atoms with van der Waals surface area (Å²) < 4.78 is 26.7. The Morgan fingerprint density at radius 1 is 0.970 bits per heavy atom. The fraction of sp³-hybridized carbons (Fsp3) is 0.400. The first-order valence-corrected chi connectivity index (χ1v) is 11.2. The highest BCUT2D eigenvalue weighted by Gasteiger charge is 2.34. The van der Waals surface area contributed by atoms with E-state index in [0.29, 0.717) is 25.9 Å². The van der Waals surface area contributed by atoms with E-state index in [2.05, 4.69) is 10.6 Å². The number of rotatable bonds is 7. The summed E-state index contributed by atoms with van der Waals surface area (Å²) in [6.45, 7) is 4.61. The lowest BCUT2D eigenvalue weighted by molar-refractivity contribution is -0.125. The molecular formula is C25H29F2N3O3. The van der Waals surface area contributed by atoms with Gasteiger partial charge < -0.3 is 15.5 Å². The molecule has 176 valence electrons. The number of benzene rings is 2. The Morgan fingerprint density at radius 2 is 1.64 bits per heavy atom. The minimum absolute atomic E-state index is 0.0580. The molecule has 2 aromatic carbocycles. The minimum atomic E-state index is -0.789. The highest BCUT2D eigenvalue weighted by atomic mass is 19.1. The Labute approximate surface area is 192 Å². The number of nitrogens with zero attached hydrogens (tertiary/aromatic N) is 1. The normalized spacial score (nSPS) is 16.1. The van der Waals surface area contributed by atoms with Gasteiger partial charge in [-0.1, -0.05) is 13.0 Å². The summed E-state index contributed by atoms with van der Waals surface area (Å²) >= 11 is 0. The molecule has 1 aliphatic heterocycles. The van der Waals surface area contributed by atoms with E-state index < -0.39 is 23.6 Å². The van der Waals surface area contributed by atoms with Crippen LogP contribution in [0.25, 0.3) is 0 Å². The van der Waals surface area contributed by atoms with Crippen LogP contribution in [-0.4, -0.2) is 47.8 Å². The van der Waals surface area contributed by atoms with Gasteiger partial charge in [-0.3, -0.25) is 14.4 Å². The molecule has 0 radical (unpaired) electrons. The van der Waals surface area contributed by atoms with Crippen molar-refractivity contribution < 1.29 is 23.2 Å². The quantitative estimate of drug-likeness (QED) is 0.668. The number of hydrogen-bond donors (Lipinski definition) is 2. The Hall–Kier alpha value is -3.29. The van der Waals surface area contributed by atoms with Crippen molar-refractivity contribution in [1.29, 1.82) is 0 Å². The number of amides is 3. The average molecular weight is 458 g/mol. The average Bonchev–Trinajstić information content (AvgIpc) is 2.82. The molecule has 0 unspecified atom stereocenters. The van der Waals surface area contributed by atoms with E-state index in [1.807, 2.05) is 13.8 Å². The molecule has 0 aromatic heterocycles. The third-order valence-corrected chi connectivity index (χ3v) is 6.05.